The summed E-state index contributed by atoms with van der Waals surface area (Å²) in [4.78, 5) is 24.7. The molecule has 0 spiro atoms. The van der Waals surface area contributed by atoms with Gasteiger partial charge in [0.2, 0.25) is 0 Å². The summed E-state index contributed by atoms with van der Waals surface area (Å²) >= 11 is 12.1. The first-order valence-corrected chi connectivity index (χ1v) is 9.04. The van der Waals surface area contributed by atoms with Crippen LogP contribution in [-0.2, 0) is 0 Å². The minimum absolute atomic E-state index is 0.212. The molecule has 0 aliphatic rings. The predicted molar refractivity (Wildman–Crippen MR) is 112 cm³/mol. The molecule has 2 amide bonds. The first-order chi connectivity index (χ1) is 13.5. The Morgan fingerprint density at radius 3 is 1.96 bits per heavy atom. The van der Waals surface area contributed by atoms with E-state index < -0.39 is 5.91 Å². The Morgan fingerprint density at radius 1 is 0.821 bits per heavy atom. The van der Waals surface area contributed by atoms with Crippen molar-refractivity contribution in [2.45, 2.75) is 0 Å². The van der Waals surface area contributed by atoms with Gasteiger partial charge in [0, 0.05) is 22.0 Å². The zero-order chi connectivity index (χ0) is 20.1. The van der Waals surface area contributed by atoms with Crippen LogP contribution < -0.4 is 15.4 Å². The van der Waals surface area contributed by atoms with Gasteiger partial charge in [0.1, 0.15) is 5.75 Å². The SMILES string of the molecule is COc1c(Cl)cc(Cl)cc1C(=O)Nc1ccc(NC(=O)c2ccccc2)cc1. The van der Waals surface area contributed by atoms with Gasteiger partial charge < -0.3 is 15.4 Å². The average molecular weight is 415 g/mol. The third kappa shape index (κ3) is 4.63. The summed E-state index contributed by atoms with van der Waals surface area (Å²) in [6.07, 6.45) is 0. The minimum atomic E-state index is -0.415. The highest BCUT2D eigenvalue weighted by molar-refractivity contribution is 6.36. The summed E-state index contributed by atoms with van der Waals surface area (Å²) in [5.41, 5.74) is 1.93. The molecule has 142 valence electrons. The first kappa shape index (κ1) is 19.7. The Labute approximate surface area is 172 Å². The number of methoxy groups -OCH3 is 1. The highest BCUT2D eigenvalue weighted by Crippen LogP contribution is 2.32. The summed E-state index contributed by atoms with van der Waals surface area (Å²) in [6.45, 7) is 0. The van der Waals surface area contributed by atoms with Crippen LogP contribution in [0.3, 0.4) is 0 Å². The Kier molecular flexibility index (Phi) is 6.19. The molecule has 0 bridgehead atoms. The van der Waals surface area contributed by atoms with Gasteiger partial charge in [0.05, 0.1) is 17.7 Å². The van der Waals surface area contributed by atoms with E-state index >= 15 is 0 Å². The smallest absolute Gasteiger partial charge is 0.259 e. The third-order valence-electron chi connectivity index (χ3n) is 3.89. The fourth-order valence-corrected chi connectivity index (χ4v) is 3.14. The van der Waals surface area contributed by atoms with Crippen molar-refractivity contribution >= 4 is 46.4 Å². The maximum Gasteiger partial charge on any atom is 0.259 e. The summed E-state index contributed by atoms with van der Waals surface area (Å²) in [5, 5.41) is 6.13. The number of ether oxygens (including phenoxy) is 1. The van der Waals surface area contributed by atoms with Crippen LogP contribution in [0.15, 0.2) is 66.7 Å². The molecule has 7 heteroatoms. The van der Waals surface area contributed by atoms with Crippen LogP contribution in [0.25, 0.3) is 0 Å². The number of amides is 2. The lowest BCUT2D eigenvalue weighted by Crippen LogP contribution is -2.14. The van der Waals surface area contributed by atoms with Gasteiger partial charge in [0.15, 0.2) is 0 Å². The number of anilines is 2. The summed E-state index contributed by atoms with van der Waals surface area (Å²) in [5.74, 6) is -0.381. The lowest BCUT2D eigenvalue weighted by atomic mass is 10.1. The van der Waals surface area contributed by atoms with Crippen molar-refractivity contribution in [1.82, 2.24) is 0 Å². The molecule has 3 aromatic carbocycles. The molecule has 0 heterocycles. The largest absolute Gasteiger partial charge is 0.494 e. The zero-order valence-electron chi connectivity index (χ0n) is 14.8. The molecule has 0 fully saturated rings. The topological polar surface area (TPSA) is 67.4 Å². The van der Waals surface area contributed by atoms with Crippen molar-refractivity contribution in [3.05, 3.63) is 87.9 Å². The number of carbonyl (C=O) groups excluding carboxylic acids is 2. The lowest BCUT2D eigenvalue weighted by Gasteiger charge is -2.12. The molecule has 0 radical (unpaired) electrons. The maximum atomic E-state index is 12.6. The number of benzene rings is 3. The Morgan fingerprint density at radius 2 is 1.39 bits per heavy atom. The second-order valence-corrected chi connectivity index (χ2v) is 6.66. The molecule has 0 unspecified atom stereocenters. The Bertz CT molecular complexity index is 1010. The summed E-state index contributed by atoms with van der Waals surface area (Å²) < 4.78 is 5.20. The fourth-order valence-electron chi connectivity index (χ4n) is 2.56. The monoisotopic (exact) mass is 414 g/mol. The molecule has 0 saturated carbocycles. The number of rotatable bonds is 5. The van der Waals surface area contributed by atoms with Crippen molar-refractivity contribution in [1.29, 1.82) is 0 Å². The quantitative estimate of drug-likeness (QED) is 0.578. The predicted octanol–water partition coefficient (Wildman–Crippen LogP) is 5.51. The summed E-state index contributed by atoms with van der Waals surface area (Å²) in [7, 11) is 1.43. The van der Waals surface area contributed by atoms with Crippen molar-refractivity contribution in [2.75, 3.05) is 17.7 Å². The van der Waals surface area contributed by atoms with E-state index in [4.69, 9.17) is 27.9 Å². The highest BCUT2D eigenvalue weighted by Gasteiger charge is 2.17. The van der Waals surface area contributed by atoms with E-state index in [1.54, 1.807) is 48.5 Å². The minimum Gasteiger partial charge on any atom is -0.494 e. The molecule has 0 aliphatic heterocycles. The molecular formula is C21H16Cl2N2O3. The molecule has 5 nitrogen and oxygen atoms in total. The average Bonchev–Trinajstić information content (AvgIpc) is 2.69. The van der Waals surface area contributed by atoms with E-state index in [0.717, 1.165) is 0 Å². The van der Waals surface area contributed by atoms with E-state index in [9.17, 15) is 9.59 Å². The van der Waals surface area contributed by atoms with Gasteiger partial charge in [0.25, 0.3) is 11.8 Å². The first-order valence-electron chi connectivity index (χ1n) is 8.29. The van der Waals surface area contributed by atoms with Crippen molar-refractivity contribution in [2.24, 2.45) is 0 Å². The molecule has 2 N–H and O–H groups in total. The van der Waals surface area contributed by atoms with E-state index in [1.165, 1.54) is 19.2 Å². The molecule has 3 aromatic rings. The van der Waals surface area contributed by atoms with E-state index in [1.807, 2.05) is 6.07 Å². The fraction of sp³-hybridized carbons (Fsp3) is 0.0476. The standard InChI is InChI=1S/C21H16Cl2N2O3/c1-28-19-17(11-14(22)12-18(19)23)21(27)25-16-9-7-15(8-10-16)24-20(26)13-5-3-2-4-6-13/h2-12H,1H3,(H,24,26)(H,25,27). The zero-order valence-corrected chi connectivity index (χ0v) is 16.3. The van der Waals surface area contributed by atoms with Crippen molar-refractivity contribution < 1.29 is 14.3 Å². The number of halogens is 2. The van der Waals surface area contributed by atoms with Crippen LogP contribution >= 0.6 is 23.2 Å². The van der Waals surface area contributed by atoms with Crippen molar-refractivity contribution in [3.63, 3.8) is 0 Å². The molecule has 0 atom stereocenters. The second-order valence-electron chi connectivity index (χ2n) is 5.82. The number of nitrogens with one attached hydrogen (secondary N) is 2. The normalized spacial score (nSPS) is 10.2. The lowest BCUT2D eigenvalue weighted by molar-refractivity contribution is 0.101. The maximum absolute atomic E-state index is 12.6. The molecule has 0 aromatic heterocycles. The second kappa shape index (κ2) is 8.78. The highest BCUT2D eigenvalue weighted by atomic mass is 35.5. The van der Waals surface area contributed by atoms with Crippen molar-refractivity contribution in [3.8, 4) is 5.75 Å². The number of carbonyl (C=O) groups is 2. The third-order valence-corrected chi connectivity index (χ3v) is 4.39. The van der Waals surface area contributed by atoms with E-state index in [2.05, 4.69) is 10.6 Å². The molecule has 0 aliphatic carbocycles. The Balaban J connectivity index is 1.71. The van der Waals surface area contributed by atoms with Gasteiger partial charge in [-0.25, -0.2) is 0 Å². The molecular weight excluding hydrogens is 399 g/mol. The van der Waals surface area contributed by atoms with Crippen LogP contribution in [0, 0.1) is 0 Å². The van der Waals surface area contributed by atoms with Gasteiger partial charge in [-0.05, 0) is 48.5 Å². The van der Waals surface area contributed by atoms with Crippen LogP contribution in [0.2, 0.25) is 10.0 Å². The van der Waals surface area contributed by atoms with Gasteiger partial charge in [-0.1, -0.05) is 41.4 Å². The Hall–Kier alpha value is -3.02. The van der Waals surface area contributed by atoms with Crippen LogP contribution in [-0.4, -0.2) is 18.9 Å². The van der Waals surface area contributed by atoms with Gasteiger partial charge >= 0.3 is 0 Å². The van der Waals surface area contributed by atoms with Gasteiger partial charge in [-0.15, -0.1) is 0 Å². The summed E-state index contributed by atoms with van der Waals surface area (Å²) in [6, 6.07) is 18.6. The van der Waals surface area contributed by atoms with Crippen LogP contribution in [0.1, 0.15) is 20.7 Å². The molecule has 0 saturated heterocycles. The number of hydrogen-bond acceptors (Lipinski definition) is 3. The number of hydrogen-bond donors (Lipinski definition) is 2. The van der Waals surface area contributed by atoms with Crippen LogP contribution in [0.5, 0.6) is 5.75 Å². The van der Waals surface area contributed by atoms with E-state index in [0.29, 0.717) is 22.0 Å². The molecule has 28 heavy (non-hydrogen) atoms. The van der Waals surface area contributed by atoms with Gasteiger partial charge in [-0.2, -0.15) is 0 Å². The molecule has 3 rings (SSSR count). The van der Waals surface area contributed by atoms with Crippen LogP contribution in [0.4, 0.5) is 11.4 Å². The van der Waals surface area contributed by atoms with E-state index in [-0.39, 0.29) is 22.2 Å². The van der Waals surface area contributed by atoms with Gasteiger partial charge in [-0.3, -0.25) is 9.59 Å².